The average Bonchev–Trinajstić information content (AvgIpc) is 3.38. The van der Waals surface area contributed by atoms with Crippen LogP contribution in [0.2, 0.25) is 0 Å². The minimum absolute atomic E-state index is 0.0654. The number of hydrogen-bond acceptors (Lipinski definition) is 5. The van der Waals surface area contributed by atoms with Crippen LogP contribution in [0.4, 0.5) is 5.69 Å². The number of carbonyl (C=O) groups is 2. The molecule has 7 nitrogen and oxygen atoms in total. The van der Waals surface area contributed by atoms with E-state index in [-0.39, 0.29) is 25.0 Å². The molecule has 0 bridgehead atoms. The number of likely N-dealkylation sites (tertiary alicyclic amines) is 2. The summed E-state index contributed by atoms with van der Waals surface area (Å²) in [6.07, 6.45) is 3.13. The fraction of sp³-hybridized carbons (Fsp3) is 0.579. The summed E-state index contributed by atoms with van der Waals surface area (Å²) in [5.74, 6) is -0.131. The van der Waals surface area contributed by atoms with Crippen molar-refractivity contribution in [2.75, 3.05) is 44.6 Å². The lowest BCUT2D eigenvalue weighted by Crippen LogP contribution is -2.30. The molecule has 2 aliphatic heterocycles. The van der Waals surface area contributed by atoms with E-state index in [4.69, 9.17) is 5.11 Å². The third kappa shape index (κ3) is 4.34. The van der Waals surface area contributed by atoms with Crippen molar-refractivity contribution in [1.29, 1.82) is 0 Å². The van der Waals surface area contributed by atoms with Crippen LogP contribution in [0.15, 0.2) is 18.2 Å². The Morgan fingerprint density at radius 3 is 1.81 bits per heavy atom. The summed E-state index contributed by atoms with van der Waals surface area (Å²) in [4.78, 5) is 29.2. The van der Waals surface area contributed by atoms with E-state index in [1.807, 2.05) is 9.80 Å². The Hall–Kier alpha value is -2.12. The van der Waals surface area contributed by atoms with E-state index in [2.05, 4.69) is 5.32 Å². The Kier molecular flexibility index (Phi) is 6.11. The fourth-order valence-electron chi connectivity index (χ4n) is 3.48. The second-order valence-electron chi connectivity index (χ2n) is 7.01. The number of benzene rings is 1. The Morgan fingerprint density at radius 2 is 1.38 bits per heavy atom. The third-order valence-electron chi connectivity index (χ3n) is 4.97. The molecule has 0 aromatic heterocycles. The van der Waals surface area contributed by atoms with Crippen molar-refractivity contribution in [3.63, 3.8) is 0 Å². The van der Waals surface area contributed by atoms with Gasteiger partial charge in [-0.3, -0.25) is 9.59 Å². The standard InChI is InChI=1S/C19H27N3O4/c23-13-17(24)12-20-16-10-14(18(25)21-5-1-2-6-21)9-15(11-16)19(26)22-7-3-4-8-22/h9-11,17,20,23-24H,1-8,12-13H2. The van der Waals surface area contributed by atoms with Crippen LogP contribution < -0.4 is 5.32 Å². The molecule has 2 fully saturated rings. The molecule has 1 aromatic carbocycles. The number of aliphatic hydroxyl groups is 2. The Labute approximate surface area is 153 Å². The first-order valence-corrected chi connectivity index (χ1v) is 9.35. The first-order valence-electron chi connectivity index (χ1n) is 9.35. The molecule has 0 aliphatic carbocycles. The number of anilines is 1. The van der Waals surface area contributed by atoms with Gasteiger partial charge in [-0.15, -0.1) is 0 Å². The van der Waals surface area contributed by atoms with E-state index >= 15 is 0 Å². The van der Waals surface area contributed by atoms with E-state index in [9.17, 15) is 14.7 Å². The van der Waals surface area contributed by atoms with Gasteiger partial charge in [0.25, 0.3) is 11.8 Å². The first kappa shape index (κ1) is 18.7. The fourth-order valence-corrected chi connectivity index (χ4v) is 3.48. The molecule has 1 aromatic rings. The van der Waals surface area contributed by atoms with Gasteiger partial charge in [0, 0.05) is 49.5 Å². The molecule has 2 saturated heterocycles. The molecule has 0 radical (unpaired) electrons. The van der Waals surface area contributed by atoms with Crippen molar-refractivity contribution in [3.05, 3.63) is 29.3 Å². The molecular formula is C19H27N3O4. The average molecular weight is 361 g/mol. The maximum Gasteiger partial charge on any atom is 0.253 e. The number of aliphatic hydroxyl groups excluding tert-OH is 2. The lowest BCUT2D eigenvalue weighted by molar-refractivity contribution is 0.0791. The molecule has 0 saturated carbocycles. The largest absolute Gasteiger partial charge is 0.394 e. The summed E-state index contributed by atoms with van der Waals surface area (Å²) in [6.45, 7) is 2.78. The van der Waals surface area contributed by atoms with Crippen molar-refractivity contribution in [1.82, 2.24) is 9.80 Å². The maximum absolute atomic E-state index is 12.8. The van der Waals surface area contributed by atoms with Gasteiger partial charge in [0.05, 0.1) is 12.7 Å². The van der Waals surface area contributed by atoms with Crippen molar-refractivity contribution < 1.29 is 19.8 Å². The van der Waals surface area contributed by atoms with E-state index in [0.717, 1.165) is 51.9 Å². The molecule has 1 unspecified atom stereocenters. The first-order chi connectivity index (χ1) is 12.6. The maximum atomic E-state index is 12.8. The lowest BCUT2D eigenvalue weighted by atomic mass is 10.1. The van der Waals surface area contributed by atoms with Crippen LogP contribution in [0.25, 0.3) is 0 Å². The van der Waals surface area contributed by atoms with Gasteiger partial charge in [0.15, 0.2) is 0 Å². The van der Waals surface area contributed by atoms with Crippen LogP contribution in [0.3, 0.4) is 0 Å². The number of nitrogens with zero attached hydrogens (tertiary/aromatic N) is 2. The molecule has 7 heteroatoms. The van der Waals surface area contributed by atoms with Crippen LogP contribution in [-0.2, 0) is 0 Å². The third-order valence-corrected chi connectivity index (χ3v) is 4.97. The van der Waals surface area contributed by atoms with Gasteiger partial charge in [-0.1, -0.05) is 0 Å². The number of rotatable bonds is 6. The van der Waals surface area contributed by atoms with Gasteiger partial charge in [-0.2, -0.15) is 0 Å². The lowest BCUT2D eigenvalue weighted by Gasteiger charge is -2.20. The van der Waals surface area contributed by atoms with Crippen LogP contribution in [0, 0.1) is 0 Å². The molecule has 26 heavy (non-hydrogen) atoms. The zero-order chi connectivity index (χ0) is 18.5. The molecule has 3 rings (SSSR count). The Morgan fingerprint density at radius 1 is 0.923 bits per heavy atom. The van der Waals surface area contributed by atoms with E-state index < -0.39 is 6.10 Å². The highest BCUT2D eigenvalue weighted by molar-refractivity contribution is 6.01. The monoisotopic (exact) mass is 361 g/mol. The zero-order valence-electron chi connectivity index (χ0n) is 15.0. The predicted molar refractivity (Wildman–Crippen MR) is 98.3 cm³/mol. The summed E-state index contributed by atoms with van der Waals surface area (Å²) in [7, 11) is 0. The summed E-state index contributed by atoms with van der Waals surface area (Å²) >= 11 is 0. The highest BCUT2D eigenvalue weighted by atomic mass is 16.3. The van der Waals surface area contributed by atoms with Crippen molar-refractivity contribution >= 4 is 17.5 Å². The van der Waals surface area contributed by atoms with Crippen molar-refractivity contribution in [3.8, 4) is 0 Å². The van der Waals surface area contributed by atoms with Crippen LogP contribution in [0.5, 0.6) is 0 Å². The van der Waals surface area contributed by atoms with Gasteiger partial charge in [-0.05, 0) is 43.9 Å². The van der Waals surface area contributed by atoms with Crippen LogP contribution in [-0.4, -0.2) is 77.3 Å². The molecule has 142 valence electrons. The zero-order valence-corrected chi connectivity index (χ0v) is 15.0. The number of hydrogen-bond donors (Lipinski definition) is 3. The predicted octanol–water partition coefficient (Wildman–Crippen LogP) is 0.924. The minimum Gasteiger partial charge on any atom is -0.394 e. The number of nitrogens with one attached hydrogen (secondary N) is 1. The topological polar surface area (TPSA) is 93.1 Å². The highest BCUT2D eigenvalue weighted by Gasteiger charge is 2.24. The summed E-state index contributed by atoms with van der Waals surface area (Å²) in [5.41, 5.74) is 1.57. The molecule has 1 atom stereocenters. The van der Waals surface area contributed by atoms with Gasteiger partial charge >= 0.3 is 0 Å². The van der Waals surface area contributed by atoms with Gasteiger partial charge in [0.1, 0.15) is 0 Å². The smallest absolute Gasteiger partial charge is 0.253 e. The summed E-state index contributed by atoms with van der Waals surface area (Å²) in [5, 5.41) is 21.5. The van der Waals surface area contributed by atoms with Gasteiger partial charge in [-0.25, -0.2) is 0 Å². The van der Waals surface area contributed by atoms with E-state index in [1.165, 1.54) is 0 Å². The number of amides is 2. The second-order valence-corrected chi connectivity index (χ2v) is 7.01. The summed E-state index contributed by atoms with van der Waals surface area (Å²) < 4.78 is 0. The number of carbonyl (C=O) groups excluding carboxylic acids is 2. The van der Waals surface area contributed by atoms with Crippen molar-refractivity contribution in [2.24, 2.45) is 0 Å². The molecule has 2 heterocycles. The normalized spacial score (nSPS) is 18.2. The molecule has 3 N–H and O–H groups in total. The minimum atomic E-state index is -0.898. The van der Waals surface area contributed by atoms with Crippen molar-refractivity contribution in [2.45, 2.75) is 31.8 Å². The SMILES string of the molecule is O=C(c1cc(NCC(O)CO)cc(C(=O)N2CCCC2)c1)N1CCCC1. The Bertz CT molecular complexity index is 606. The second kappa shape index (κ2) is 8.51. The van der Waals surface area contributed by atoms with Gasteiger partial charge < -0.3 is 25.3 Å². The summed E-state index contributed by atoms with van der Waals surface area (Å²) in [6, 6.07) is 5.10. The molecular weight excluding hydrogens is 334 g/mol. The quantitative estimate of drug-likeness (QED) is 0.701. The van der Waals surface area contributed by atoms with Crippen LogP contribution >= 0.6 is 0 Å². The Balaban J connectivity index is 1.85. The highest BCUT2D eigenvalue weighted by Crippen LogP contribution is 2.22. The van der Waals surface area contributed by atoms with Crippen LogP contribution in [0.1, 0.15) is 46.4 Å². The van der Waals surface area contributed by atoms with E-state index in [1.54, 1.807) is 18.2 Å². The molecule has 2 amide bonds. The molecule has 2 aliphatic rings. The van der Waals surface area contributed by atoms with Gasteiger partial charge in [0.2, 0.25) is 0 Å². The van der Waals surface area contributed by atoms with E-state index in [0.29, 0.717) is 16.8 Å². The molecule has 0 spiro atoms.